The Morgan fingerprint density at radius 1 is 0.866 bits per heavy atom. The summed E-state index contributed by atoms with van der Waals surface area (Å²) >= 11 is 0. The Balaban J connectivity index is 0.998. The molecule has 0 saturated heterocycles. The Morgan fingerprint density at radius 2 is 1.68 bits per heavy atom. The predicted octanol–water partition coefficient (Wildman–Crippen LogP) is 13.6. The highest BCUT2D eigenvalue weighted by molar-refractivity contribution is 5.78. The molecule has 2 spiro atoms. The lowest BCUT2D eigenvalue weighted by Crippen LogP contribution is -2.69. The minimum atomic E-state index is -0.795. The van der Waals surface area contributed by atoms with Crippen LogP contribution < -0.4 is 21.1 Å². The summed E-state index contributed by atoms with van der Waals surface area (Å²) in [6.45, 7) is 11.3. The van der Waals surface area contributed by atoms with Gasteiger partial charge in [0.05, 0.1) is 30.2 Å². The van der Waals surface area contributed by atoms with Crippen molar-refractivity contribution >= 4 is 23.2 Å². The first kappa shape index (κ1) is 54.6. The van der Waals surface area contributed by atoms with Gasteiger partial charge in [-0.2, -0.15) is 0 Å². The molecule has 3 aromatic rings. The van der Waals surface area contributed by atoms with Crippen LogP contribution >= 0.6 is 0 Å². The largest absolute Gasteiger partial charge is 0.516 e. The summed E-state index contributed by atoms with van der Waals surface area (Å²) < 4.78 is 0. The summed E-state index contributed by atoms with van der Waals surface area (Å²) in [6, 6.07) is 29.7. The molecular weight excluding hydrogens is 1010 g/mol. The standard InChI is InChI=1S/C75H92N2O5/c1-46(2)33-55-28-30-71(3)66(80)29-31-75-62-38-52-20-11-12-22-58(52)60-37-48-17-13-21-51(35-48)53-25-27-67(77-44-53)76-32-14-23-57(50-18-9-6-10-19-50)54(45-78)24-26-59(69(81)82)68-65(79)43-74-40-49(34-47-15-7-5-8-16-47)36-56(72(68,74)4)39-63(75)64(74)42-73(55,70(71)75)41-61(60)62/h5,7-8,11-13,15-17,20-22,25,27-28,35,38,41,45-46,49-50,56-57,59,62,65-66,68,70,76-80H,6,9-10,14,18-19,23-24,26,29-34,36-37,39-40,42-44H2,1-4H3,(H,81,82). The number of benzene rings is 3. The molecule has 14 unspecified atom stereocenters. The van der Waals surface area contributed by atoms with E-state index < -0.39 is 46.3 Å². The van der Waals surface area contributed by atoms with E-state index in [1.165, 1.54) is 69.4 Å². The molecule has 4 saturated carbocycles. The lowest BCUT2D eigenvalue weighted by atomic mass is 9.28. The van der Waals surface area contributed by atoms with Crippen LogP contribution in [0.25, 0.3) is 17.2 Å². The Morgan fingerprint density at radius 3 is 2.46 bits per heavy atom. The van der Waals surface area contributed by atoms with Crippen LogP contribution in [-0.4, -0.2) is 51.7 Å². The number of hydrogen-bond acceptors (Lipinski definition) is 6. The molecule has 18 rings (SSSR count). The van der Waals surface area contributed by atoms with Gasteiger partial charge in [-0.3, -0.25) is 4.79 Å². The van der Waals surface area contributed by atoms with E-state index in [2.05, 4.69) is 148 Å². The van der Waals surface area contributed by atoms with Crippen molar-refractivity contribution in [1.29, 1.82) is 0 Å². The summed E-state index contributed by atoms with van der Waals surface area (Å²) in [6.07, 6.45) is 31.2. The fourth-order valence-electron chi connectivity index (χ4n) is 22.1. The molecule has 6 N–H and O–H groups in total. The van der Waals surface area contributed by atoms with Crippen LogP contribution in [0, 0.1) is 80.3 Å². The van der Waals surface area contributed by atoms with Crippen LogP contribution in [0.4, 0.5) is 0 Å². The molecule has 14 atom stereocenters. The van der Waals surface area contributed by atoms with Gasteiger partial charge in [0.2, 0.25) is 0 Å². The summed E-state index contributed by atoms with van der Waals surface area (Å²) in [5.74, 6) is 0.904. The zero-order chi connectivity index (χ0) is 56.3. The maximum Gasteiger partial charge on any atom is 0.306 e. The predicted molar refractivity (Wildman–Crippen MR) is 329 cm³/mol. The zero-order valence-electron chi connectivity index (χ0n) is 49.6. The highest BCUT2D eigenvalue weighted by atomic mass is 16.4. The van der Waals surface area contributed by atoms with Gasteiger partial charge in [-0.1, -0.05) is 167 Å². The number of hydrogen-bond donors (Lipinski definition) is 6. The van der Waals surface area contributed by atoms with Crippen molar-refractivity contribution in [2.75, 3.05) is 13.1 Å². The quantitative estimate of drug-likeness (QED) is 0.107. The van der Waals surface area contributed by atoms with Crippen molar-refractivity contribution in [3.63, 3.8) is 0 Å². The average molecular weight is 1100 g/mol. The van der Waals surface area contributed by atoms with Crippen LogP contribution in [0.3, 0.4) is 0 Å². The Hall–Kier alpha value is -5.37. The lowest BCUT2D eigenvalue weighted by Gasteiger charge is -2.75. The van der Waals surface area contributed by atoms with Gasteiger partial charge in [0, 0.05) is 46.6 Å². The number of carbonyl (C=O) groups is 1. The molecule has 15 aliphatic rings. The smallest absolute Gasteiger partial charge is 0.306 e. The highest BCUT2D eigenvalue weighted by Gasteiger charge is 2.78. The molecule has 7 heteroatoms. The summed E-state index contributed by atoms with van der Waals surface area (Å²) in [5, 5.41) is 59.7. The minimum Gasteiger partial charge on any atom is -0.516 e. The zero-order valence-corrected chi connectivity index (χ0v) is 49.6. The van der Waals surface area contributed by atoms with Crippen molar-refractivity contribution in [2.45, 2.75) is 168 Å². The van der Waals surface area contributed by atoms with E-state index in [0.717, 1.165) is 114 Å². The van der Waals surface area contributed by atoms with Crippen LogP contribution in [0.15, 0.2) is 143 Å². The molecule has 6 heterocycles. The molecule has 15 bridgehead atoms. The number of rotatable bonds is 6. The van der Waals surface area contributed by atoms with Crippen molar-refractivity contribution in [1.82, 2.24) is 10.6 Å². The van der Waals surface area contributed by atoms with E-state index >= 15 is 0 Å². The number of aliphatic hydroxyl groups is 3. The van der Waals surface area contributed by atoms with Crippen LogP contribution in [0.2, 0.25) is 0 Å². The third-order valence-electron chi connectivity index (χ3n) is 25.1. The van der Waals surface area contributed by atoms with Gasteiger partial charge < -0.3 is 31.1 Å². The molecule has 0 radical (unpaired) electrons. The van der Waals surface area contributed by atoms with Gasteiger partial charge in [0.25, 0.3) is 0 Å². The maximum absolute atomic E-state index is 14.5. The van der Waals surface area contributed by atoms with Gasteiger partial charge in [-0.15, -0.1) is 0 Å². The number of fused-ring (bicyclic) bond motifs is 1. The van der Waals surface area contributed by atoms with Crippen LogP contribution in [0.5, 0.6) is 0 Å². The number of allylic oxidation sites excluding steroid dienone is 9. The molecule has 7 nitrogen and oxygen atoms in total. The van der Waals surface area contributed by atoms with Crippen LogP contribution in [0.1, 0.15) is 160 Å². The summed E-state index contributed by atoms with van der Waals surface area (Å²) in [4.78, 5) is 14.5. The number of aliphatic carboxylic acids is 1. The monoisotopic (exact) mass is 1100 g/mol. The van der Waals surface area contributed by atoms with Gasteiger partial charge in [-0.25, -0.2) is 0 Å². The third kappa shape index (κ3) is 8.31. The van der Waals surface area contributed by atoms with E-state index in [-0.39, 0.29) is 34.5 Å². The SMILES string of the molecule is CC(C)CC1=CCC2(C)C(O)CCC34C5=C6CC1(C=C1C(=c7ccccc7=CC13)Cc1cccc(c1)C1=CC=C(NCCCC(C3CCCCC3)C(=CO)CCC(C(=O)O)C3C(O)CC67CC(Cc6ccccc6)CC(C5)C37C)NC1)C24. The van der Waals surface area contributed by atoms with E-state index in [0.29, 0.717) is 37.0 Å². The number of nitrogens with one attached hydrogen (secondary N) is 2. The van der Waals surface area contributed by atoms with Gasteiger partial charge >= 0.3 is 5.97 Å². The first-order valence-corrected chi connectivity index (χ1v) is 32.6. The molecule has 0 amide bonds. The second kappa shape index (κ2) is 20.7. The molecule has 6 aliphatic heterocycles. The average Bonchev–Trinajstić information content (AvgIpc) is 0.971. The number of carboxylic acids is 1. The number of aliphatic hydroxyl groups excluding tert-OH is 3. The van der Waals surface area contributed by atoms with Crippen molar-refractivity contribution < 1.29 is 25.2 Å². The topological polar surface area (TPSA) is 122 Å². The number of carboxylic acid groups (broad SMARTS) is 1. The van der Waals surface area contributed by atoms with Crippen LogP contribution in [-0.2, 0) is 17.6 Å². The van der Waals surface area contributed by atoms with E-state index in [1.807, 2.05) is 0 Å². The minimum absolute atomic E-state index is 0.0883. The Kier molecular flexibility index (Phi) is 13.8. The highest BCUT2D eigenvalue weighted by Crippen LogP contribution is 2.84. The first-order valence-electron chi connectivity index (χ1n) is 32.6. The molecular formula is C75H92N2O5. The molecule has 9 aliphatic carbocycles. The molecule has 3 aromatic carbocycles. The summed E-state index contributed by atoms with van der Waals surface area (Å²) in [5.41, 5.74) is 12.0. The van der Waals surface area contributed by atoms with Crippen molar-refractivity contribution in [3.05, 3.63) is 170 Å². The van der Waals surface area contributed by atoms with Crippen molar-refractivity contribution in [2.24, 2.45) is 80.3 Å². The number of dihydropyridines is 1. The third-order valence-corrected chi connectivity index (χ3v) is 25.1. The lowest BCUT2D eigenvalue weighted by molar-refractivity contribution is -0.175. The second-order valence-corrected chi connectivity index (χ2v) is 29.4. The first-order chi connectivity index (χ1) is 39.7. The molecule has 4 fully saturated rings. The van der Waals surface area contributed by atoms with Gasteiger partial charge in [0.1, 0.15) is 0 Å². The second-order valence-electron chi connectivity index (χ2n) is 29.4. The fourth-order valence-corrected chi connectivity index (χ4v) is 22.1. The maximum atomic E-state index is 14.5. The van der Waals surface area contributed by atoms with E-state index in [4.69, 9.17) is 0 Å². The fraction of sp³-hybridized carbons (Fsp3) is 0.560. The van der Waals surface area contributed by atoms with E-state index in [1.54, 1.807) is 16.7 Å². The van der Waals surface area contributed by atoms with Crippen molar-refractivity contribution in [3.8, 4) is 0 Å². The van der Waals surface area contributed by atoms with Gasteiger partial charge in [-0.05, 0) is 206 Å². The Labute approximate surface area is 488 Å². The van der Waals surface area contributed by atoms with Gasteiger partial charge in [0.15, 0.2) is 0 Å². The molecule has 432 valence electrons. The Bertz CT molecular complexity index is 3360. The normalized spacial score (nSPS) is 39.1. The van der Waals surface area contributed by atoms with E-state index in [9.17, 15) is 25.2 Å². The molecule has 0 aromatic heterocycles. The molecule has 82 heavy (non-hydrogen) atoms. The summed E-state index contributed by atoms with van der Waals surface area (Å²) in [7, 11) is 0.